The zero-order valence-electron chi connectivity index (χ0n) is 27.6. The number of nitrogens with two attached hydrogens (primary N) is 2. The molecule has 2 amide bonds. The van der Waals surface area contributed by atoms with E-state index in [4.69, 9.17) is 30.3 Å². The number of aliphatic hydroxyl groups is 6. The molecule has 0 aromatic carbocycles. The predicted molar refractivity (Wildman–Crippen MR) is 170 cm³/mol. The van der Waals surface area contributed by atoms with Crippen LogP contribution in [0.1, 0.15) is 105 Å². The predicted octanol–water partition coefficient (Wildman–Crippen LogP) is 3.03. The summed E-state index contributed by atoms with van der Waals surface area (Å²) in [5.74, 6) is 5.46. The van der Waals surface area contributed by atoms with Gasteiger partial charge in [0.1, 0.15) is 24.4 Å². The van der Waals surface area contributed by atoms with Gasteiger partial charge in [0.15, 0.2) is 6.29 Å². The van der Waals surface area contributed by atoms with E-state index in [1.54, 1.807) is 5.57 Å². The van der Waals surface area contributed by atoms with Gasteiger partial charge in [-0.2, -0.15) is 0 Å². The van der Waals surface area contributed by atoms with E-state index in [2.05, 4.69) is 52.2 Å². The normalized spacial score (nSPS) is 35.9. The van der Waals surface area contributed by atoms with Crippen LogP contribution in [0.2, 0.25) is 0 Å². The summed E-state index contributed by atoms with van der Waals surface area (Å²) >= 11 is 0. The van der Waals surface area contributed by atoms with Crippen molar-refractivity contribution in [2.24, 2.45) is 57.8 Å². The molecular formula is C34H62N2O8. The first-order chi connectivity index (χ1) is 20.5. The van der Waals surface area contributed by atoms with Gasteiger partial charge in [0.25, 0.3) is 0 Å². The molecule has 0 radical (unpaired) electrons. The second-order valence-electron chi connectivity index (χ2n) is 14.9. The van der Waals surface area contributed by atoms with E-state index in [9.17, 15) is 9.90 Å². The number of aldehydes is 1. The molecule has 44 heavy (non-hydrogen) atoms. The topological polar surface area (TPSA) is 208 Å². The molecule has 0 unspecified atom stereocenters. The van der Waals surface area contributed by atoms with Crippen LogP contribution in [0, 0.1) is 46.3 Å². The molecule has 10 heteroatoms. The molecule has 256 valence electrons. The second-order valence-corrected chi connectivity index (χ2v) is 14.9. The van der Waals surface area contributed by atoms with E-state index >= 15 is 0 Å². The van der Waals surface area contributed by atoms with Gasteiger partial charge in [-0.15, -0.1) is 0 Å². The van der Waals surface area contributed by atoms with Crippen LogP contribution in [0.3, 0.4) is 0 Å². The lowest BCUT2D eigenvalue weighted by atomic mass is 9.47. The zero-order valence-corrected chi connectivity index (χ0v) is 27.6. The Bertz CT molecular complexity index is 942. The highest BCUT2D eigenvalue weighted by Gasteiger charge is 2.59. The van der Waals surface area contributed by atoms with Crippen molar-refractivity contribution in [1.29, 1.82) is 0 Å². The molecule has 0 saturated heterocycles. The number of hydrogen-bond donors (Lipinski definition) is 8. The molecule has 3 fully saturated rings. The third-order valence-electron chi connectivity index (χ3n) is 11.7. The summed E-state index contributed by atoms with van der Waals surface area (Å²) < 4.78 is 0. The summed E-state index contributed by atoms with van der Waals surface area (Å²) in [6.07, 6.45) is 10.3. The number of fused-ring (bicyclic) bond motifs is 5. The van der Waals surface area contributed by atoms with Crippen LogP contribution >= 0.6 is 0 Å². The summed E-state index contributed by atoms with van der Waals surface area (Å²) in [7, 11) is 0. The minimum atomic E-state index is -1.79. The number of carbonyl (C=O) groups is 2. The first-order valence-corrected chi connectivity index (χ1v) is 16.7. The fourth-order valence-corrected chi connectivity index (χ4v) is 9.28. The quantitative estimate of drug-likeness (QED) is 0.133. The second kappa shape index (κ2) is 16.8. The molecule has 10 nitrogen and oxygen atoms in total. The number of carbonyl (C=O) groups excluding carboxylic acids is 2. The maximum absolute atomic E-state index is 10.2. The molecule has 12 atom stereocenters. The molecule has 3 saturated carbocycles. The molecule has 0 spiro atoms. The summed E-state index contributed by atoms with van der Waals surface area (Å²) in [5, 5.41) is 53.7. The first kappa shape index (κ1) is 38.6. The van der Waals surface area contributed by atoms with Gasteiger partial charge in [0.05, 0.1) is 12.7 Å². The Kier molecular flexibility index (Phi) is 14.8. The maximum Gasteiger partial charge on any atom is 0.309 e. The van der Waals surface area contributed by atoms with Crippen molar-refractivity contribution in [1.82, 2.24) is 0 Å². The minimum Gasteiger partial charge on any atom is -0.394 e. The first-order valence-electron chi connectivity index (χ1n) is 16.7. The van der Waals surface area contributed by atoms with Gasteiger partial charge in [-0.05, 0) is 97.7 Å². The molecule has 0 aromatic heterocycles. The van der Waals surface area contributed by atoms with Crippen molar-refractivity contribution in [2.45, 2.75) is 136 Å². The van der Waals surface area contributed by atoms with Crippen LogP contribution in [0.25, 0.3) is 0 Å². The van der Waals surface area contributed by atoms with Crippen molar-refractivity contribution in [2.75, 3.05) is 6.61 Å². The SMILES string of the molecule is CC(C)CCC[C@@H](C)[C@H]1CC[C@H]2[C@@H]3CC=C4C[C@@H](O)CC[C@]4(C)[C@H]3CC[C@]12C.NC(N)=O.O=C[C@H](O)[C@@H](O)[C@H](O)[C@H](O)CO. The van der Waals surface area contributed by atoms with Crippen molar-refractivity contribution >= 4 is 12.3 Å². The Labute approximate surface area is 264 Å². The van der Waals surface area contributed by atoms with Crippen molar-refractivity contribution in [3.05, 3.63) is 11.6 Å². The highest BCUT2D eigenvalue weighted by Crippen LogP contribution is 2.67. The highest BCUT2D eigenvalue weighted by atomic mass is 16.4. The van der Waals surface area contributed by atoms with E-state index < -0.39 is 37.1 Å². The monoisotopic (exact) mass is 626 g/mol. The smallest absolute Gasteiger partial charge is 0.309 e. The standard InChI is InChI=1S/C27H46O.C6H12O6.CH4N2O/c1-18(2)7-6-8-19(3)23-11-12-24-22-10-9-20-17-21(28)13-15-26(20,4)25(22)14-16-27(23,24)5;7-1-3(9)5(11)6(12)4(10)2-8;2-1(3)4/h9,18-19,21-25,28H,6-8,10-17H2,1-5H3;1,3-6,8-12H,2H2;(H4,2,3,4)/t19-,21+,22+,23-,24+,25+,26+,27-;3-,4+,5+,6+;/m10./s1. The summed E-state index contributed by atoms with van der Waals surface area (Å²) in [6.45, 7) is 11.8. The number of aliphatic hydroxyl groups excluding tert-OH is 6. The van der Waals surface area contributed by atoms with Gasteiger partial charge in [-0.3, -0.25) is 0 Å². The molecule has 4 aliphatic rings. The summed E-state index contributed by atoms with van der Waals surface area (Å²) in [4.78, 5) is 18.9. The zero-order chi connectivity index (χ0) is 33.4. The van der Waals surface area contributed by atoms with Crippen molar-refractivity contribution in [3.63, 3.8) is 0 Å². The molecule has 4 aliphatic carbocycles. The molecule has 10 N–H and O–H groups in total. The number of urea groups is 1. The fourth-order valence-electron chi connectivity index (χ4n) is 9.28. The van der Waals surface area contributed by atoms with Crippen LogP contribution in [0.4, 0.5) is 4.79 Å². The van der Waals surface area contributed by atoms with Crippen molar-refractivity contribution in [3.8, 4) is 0 Å². The Balaban J connectivity index is 0.000000353. The lowest BCUT2D eigenvalue weighted by Gasteiger charge is -2.58. The van der Waals surface area contributed by atoms with Gasteiger partial charge >= 0.3 is 6.03 Å². The Morgan fingerprint density at radius 1 is 0.977 bits per heavy atom. The molecule has 0 bridgehead atoms. The van der Waals surface area contributed by atoms with E-state index in [0.29, 0.717) is 10.8 Å². The van der Waals surface area contributed by atoms with E-state index in [-0.39, 0.29) is 12.4 Å². The molecule has 0 heterocycles. The van der Waals surface area contributed by atoms with Crippen LogP contribution in [-0.4, -0.2) is 80.1 Å². The maximum atomic E-state index is 10.2. The number of primary amides is 2. The van der Waals surface area contributed by atoms with Gasteiger partial charge < -0.3 is 46.9 Å². The Hall–Kier alpha value is -1.56. The Morgan fingerprint density at radius 2 is 1.61 bits per heavy atom. The van der Waals surface area contributed by atoms with E-state index in [1.165, 1.54) is 57.8 Å². The van der Waals surface area contributed by atoms with Crippen LogP contribution in [-0.2, 0) is 4.79 Å². The van der Waals surface area contributed by atoms with Gasteiger partial charge in [0.2, 0.25) is 0 Å². The molecule has 0 aromatic rings. The highest BCUT2D eigenvalue weighted by molar-refractivity contribution is 5.69. The molecule has 0 aliphatic heterocycles. The number of hydrogen-bond acceptors (Lipinski definition) is 8. The molecular weight excluding hydrogens is 564 g/mol. The third kappa shape index (κ3) is 9.26. The van der Waals surface area contributed by atoms with E-state index in [1.807, 2.05) is 0 Å². The van der Waals surface area contributed by atoms with Crippen LogP contribution in [0.15, 0.2) is 11.6 Å². The van der Waals surface area contributed by atoms with Gasteiger partial charge in [-0.25, -0.2) is 4.79 Å². The summed E-state index contributed by atoms with van der Waals surface area (Å²) in [5.41, 5.74) is 11.1. The van der Waals surface area contributed by atoms with Crippen molar-refractivity contribution < 1.29 is 40.2 Å². The van der Waals surface area contributed by atoms with Crippen LogP contribution < -0.4 is 11.5 Å². The largest absolute Gasteiger partial charge is 0.394 e. The number of amides is 2. The fraction of sp³-hybridized carbons (Fsp3) is 0.882. The van der Waals surface area contributed by atoms with Gasteiger partial charge in [-0.1, -0.05) is 65.5 Å². The molecule has 4 rings (SSSR count). The summed E-state index contributed by atoms with van der Waals surface area (Å²) in [6, 6.07) is -0.833. The van der Waals surface area contributed by atoms with Crippen LogP contribution in [0.5, 0.6) is 0 Å². The van der Waals surface area contributed by atoms with E-state index in [0.717, 1.165) is 48.3 Å². The lowest BCUT2D eigenvalue weighted by Crippen LogP contribution is -2.50. The minimum absolute atomic E-state index is 0.0258. The number of allylic oxidation sites excluding steroid dienone is 1. The average Bonchev–Trinajstić information content (AvgIpc) is 3.33. The third-order valence-corrected chi connectivity index (χ3v) is 11.7. The average molecular weight is 627 g/mol. The van der Waals surface area contributed by atoms with Gasteiger partial charge in [0, 0.05) is 0 Å². The number of rotatable bonds is 10. The Morgan fingerprint density at radius 3 is 2.18 bits per heavy atom. The lowest BCUT2D eigenvalue weighted by molar-refractivity contribution is -0.136.